The molecule has 1 N–H and O–H groups in total. The minimum Gasteiger partial charge on any atom is -0.355 e. The van der Waals surface area contributed by atoms with Crippen molar-refractivity contribution < 1.29 is 0 Å². The van der Waals surface area contributed by atoms with Crippen molar-refractivity contribution in [3.63, 3.8) is 0 Å². The topological polar surface area (TPSA) is 48.7 Å². The predicted molar refractivity (Wildman–Crippen MR) is 116 cm³/mol. The number of aryl methyl sites for hydroxylation is 1. The predicted octanol–water partition coefficient (Wildman–Crippen LogP) is 3.35. The summed E-state index contributed by atoms with van der Waals surface area (Å²) in [5, 5.41) is 3.83. The van der Waals surface area contributed by atoms with Gasteiger partial charge in [-0.2, -0.15) is 0 Å². The summed E-state index contributed by atoms with van der Waals surface area (Å²) in [6.45, 7) is 6.49. The van der Waals surface area contributed by atoms with Crippen LogP contribution in [0.15, 0.2) is 42.7 Å². The molecule has 6 heteroatoms. The molecule has 5 rings (SSSR count). The van der Waals surface area contributed by atoms with E-state index in [1.807, 2.05) is 12.3 Å². The Bertz CT molecular complexity index is 988. The van der Waals surface area contributed by atoms with E-state index in [0.29, 0.717) is 6.04 Å². The Morgan fingerprint density at radius 2 is 1.83 bits per heavy atom. The van der Waals surface area contributed by atoms with Crippen LogP contribution in [0.25, 0.3) is 5.65 Å². The summed E-state index contributed by atoms with van der Waals surface area (Å²) in [4.78, 5) is 14.5. The molecular weight excluding hydrogens is 360 g/mol. The highest BCUT2D eigenvalue weighted by molar-refractivity contribution is 5.53. The highest BCUT2D eigenvalue weighted by Gasteiger charge is 2.27. The Kier molecular flexibility index (Phi) is 4.97. The molecular formula is C23H30N6. The van der Waals surface area contributed by atoms with Gasteiger partial charge in [0.1, 0.15) is 11.5 Å². The van der Waals surface area contributed by atoms with Crippen molar-refractivity contribution in [2.45, 2.75) is 38.3 Å². The van der Waals surface area contributed by atoms with E-state index in [0.717, 1.165) is 50.4 Å². The van der Waals surface area contributed by atoms with Crippen molar-refractivity contribution in [1.82, 2.24) is 24.6 Å². The summed E-state index contributed by atoms with van der Waals surface area (Å²) in [7, 11) is 2.20. The van der Waals surface area contributed by atoms with Crippen LogP contribution in [0.3, 0.4) is 0 Å². The number of fused-ring (bicyclic) bond motifs is 1. The molecule has 2 atom stereocenters. The maximum absolute atomic E-state index is 5.00. The van der Waals surface area contributed by atoms with E-state index < -0.39 is 0 Å². The van der Waals surface area contributed by atoms with Crippen LogP contribution in [0, 0.1) is 6.92 Å². The number of hydrogen-bond donors (Lipinski definition) is 1. The number of likely N-dealkylation sites (N-methyl/N-ethyl adjacent to an activating group) is 1. The lowest BCUT2D eigenvalue weighted by Crippen LogP contribution is -2.45. The van der Waals surface area contributed by atoms with E-state index in [-0.39, 0.29) is 6.04 Å². The first kappa shape index (κ1) is 18.6. The van der Waals surface area contributed by atoms with Gasteiger partial charge in [0.25, 0.3) is 0 Å². The van der Waals surface area contributed by atoms with Gasteiger partial charge in [-0.3, -0.25) is 9.38 Å². The molecule has 2 aliphatic heterocycles. The summed E-state index contributed by atoms with van der Waals surface area (Å²) in [6, 6.07) is 11.2. The zero-order chi connectivity index (χ0) is 19.8. The number of rotatable bonds is 3. The molecule has 0 radical (unpaired) electrons. The van der Waals surface area contributed by atoms with Gasteiger partial charge < -0.3 is 15.1 Å². The fourth-order valence-electron chi connectivity index (χ4n) is 4.72. The first-order valence-corrected chi connectivity index (χ1v) is 10.8. The molecule has 2 aliphatic rings. The van der Waals surface area contributed by atoms with Crippen LogP contribution >= 0.6 is 0 Å². The molecule has 0 spiro atoms. The Hall–Kier alpha value is -2.44. The van der Waals surface area contributed by atoms with E-state index in [1.54, 1.807) is 0 Å². The van der Waals surface area contributed by atoms with Crippen molar-refractivity contribution >= 4 is 11.5 Å². The van der Waals surface area contributed by atoms with Crippen molar-refractivity contribution in [2.75, 3.05) is 38.1 Å². The Labute approximate surface area is 172 Å². The van der Waals surface area contributed by atoms with E-state index >= 15 is 0 Å². The number of hydrogen-bond acceptors (Lipinski definition) is 5. The lowest BCUT2D eigenvalue weighted by molar-refractivity contribution is 0.311. The zero-order valence-electron chi connectivity index (χ0n) is 17.4. The number of nitrogens with zero attached hydrogens (tertiary/aromatic N) is 5. The third kappa shape index (κ3) is 3.63. The molecule has 0 bridgehead atoms. The number of anilines is 1. The number of imidazole rings is 1. The third-order valence-electron chi connectivity index (χ3n) is 6.44. The lowest BCUT2D eigenvalue weighted by Gasteiger charge is -2.34. The smallest absolute Gasteiger partial charge is 0.138 e. The van der Waals surface area contributed by atoms with Gasteiger partial charge in [-0.1, -0.05) is 12.1 Å². The summed E-state index contributed by atoms with van der Waals surface area (Å²) in [5.41, 5.74) is 4.62. The summed E-state index contributed by atoms with van der Waals surface area (Å²) in [5.74, 6) is 1.25. The zero-order valence-corrected chi connectivity index (χ0v) is 17.4. The standard InChI is InChI=1S/C23H30N6/c1-17-6-5-11-24-23(17)19-8-3-7-18(25-19)20-16-29-21(26-20)9-4-10-22(29)28-14-12-27(2)13-15-28/h4-6,9-11,16,18-19,25H,3,7-8,12-15H2,1-2H3/t18-,19+/m1/s1. The third-order valence-corrected chi connectivity index (χ3v) is 6.44. The number of piperidine rings is 1. The van der Waals surface area contributed by atoms with Gasteiger partial charge in [0.15, 0.2) is 0 Å². The van der Waals surface area contributed by atoms with Crippen LogP contribution in [-0.4, -0.2) is 52.5 Å². The highest BCUT2D eigenvalue weighted by Crippen LogP contribution is 2.33. The fourth-order valence-corrected chi connectivity index (χ4v) is 4.72. The highest BCUT2D eigenvalue weighted by atomic mass is 15.3. The summed E-state index contributed by atoms with van der Waals surface area (Å²) < 4.78 is 2.28. The second-order valence-electron chi connectivity index (χ2n) is 8.48. The second kappa shape index (κ2) is 7.76. The van der Waals surface area contributed by atoms with Crippen molar-refractivity contribution in [2.24, 2.45) is 0 Å². The normalized spacial score (nSPS) is 23.6. The first-order chi connectivity index (χ1) is 14.2. The van der Waals surface area contributed by atoms with Gasteiger partial charge >= 0.3 is 0 Å². The molecule has 3 aromatic heterocycles. The average molecular weight is 391 g/mol. The van der Waals surface area contributed by atoms with Crippen LogP contribution in [0.5, 0.6) is 0 Å². The van der Waals surface area contributed by atoms with E-state index in [1.165, 1.54) is 23.5 Å². The molecule has 0 amide bonds. The monoisotopic (exact) mass is 390 g/mol. The summed E-state index contributed by atoms with van der Waals surface area (Å²) >= 11 is 0. The van der Waals surface area contributed by atoms with E-state index in [4.69, 9.17) is 4.98 Å². The Morgan fingerprint density at radius 3 is 2.66 bits per heavy atom. The number of pyridine rings is 2. The molecule has 6 nitrogen and oxygen atoms in total. The molecule has 0 saturated carbocycles. The minimum atomic E-state index is 0.274. The van der Waals surface area contributed by atoms with Crippen molar-refractivity contribution in [3.05, 3.63) is 59.7 Å². The second-order valence-corrected chi connectivity index (χ2v) is 8.48. The van der Waals surface area contributed by atoms with Crippen LogP contribution < -0.4 is 10.2 Å². The minimum absolute atomic E-state index is 0.274. The van der Waals surface area contributed by atoms with E-state index in [9.17, 15) is 0 Å². The molecule has 2 fully saturated rings. The van der Waals surface area contributed by atoms with Crippen LogP contribution in [0.2, 0.25) is 0 Å². The van der Waals surface area contributed by atoms with Gasteiger partial charge in [-0.05, 0) is 57.0 Å². The van der Waals surface area contributed by atoms with Gasteiger partial charge in [-0.15, -0.1) is 0 Å². The molecule has 0 aromatic carbocycles. The van der Waals surface area contributed by atoms with Gasteiger partial charge in [0.2, 0.25) is 0 Å². The number of nitrogens with one attached hydrogen (secondary N) is 1. The largest absolute Gasteiger partial charge is 0.355 e. The Balaban J connectivity index is 1.42. The summed E-state index contributed by atoms with van der Waals surface area (Å²) in [6.07, 6.45) is 7.59. The van der Waals surface area contributed by atoms with Gasteiger partial charge in [0, 0.05) is 38.6 Å². The van der Waals surface area contributed by atoms with Gasteiger partial charge in [-0.25, -0.2) is 4.98 Å². The number of piperazine rings is 1. The maximum atomic E-state index is 5.00. The molecule has 0 aliphatic carbocycles. The van der Waals surface area contributed by atoms with E-state index in [2.05, 4.69) is 68.9 Å². The number of aromatic nitrogens is 3. The average Bonchev–Trinajstić information content (AvgIpc) is 3.19. The molecule has 3 aromatic rings. The lowest BCUT2D eigenvalue weighted by atomic mass is 9.93. The van der Waals surface area contributed by atoms with Gasteiger partial charge in [0.05, 0.1) is 23.5 Å². The first-order valence-electron chi connectivity index (χ1n) is 10.8. The maximum Gasteiger partial charge on any atom is 0.138 e. The van der Waals surface area contributed by atoms with Crippen molar-refractivity contribution in [1.29, 1.82) is 0 Å². The SMILES string of the molecule is Cc1cccnc1[C@@H]1CCC[C@H](c2cn3c(N4CCN(C)CC4)cccc3n2)N1. The molecule has 0 unspecified atom stereocenters. The van der Waals surface area contributed by atoms with Crippen LogP contribution in [-0.2, 0) is 0 Å². The molecule has 152 valence electrons. The van der Waals surface area contributed by atoms with Crippen LogP contribution in [0.4, 0.5) is 5.82 Å². The molecule has 5 heterocycles. The molecule has 2 saturated heterocycles. The molecule has 29 heavy (non-hydrogen) atoms. The Morgan fingerprint density at radius 1 is 1.00 bits per heavy atom. The van der Waals surface area contributed by atoms with Crippen LogP contribution in [0.1, 0.15) is 48.3 Å². The van der Waals surface area contributed by atoms with Crippen molar-refractivity contribution in [3.8, 4) is 0 Å². The fraction of sp³-hybridized carbons (Fsp3) is 0.478. The quantitative estimate of drug-likeness (QED) is 0.743.